The molecule has 0 aliphatic rings. The van der Waals surface area contributed by atoms with Crippen molar-refractivity contribution in [1.82, 2.24) is 0 Å². The summed E-state index contributed by atoms with van der Waals surface area (Å²) in [6, 6.07) is 0. The highest BCUT2D eigenvalue weighted by Gasteiger charge is 2.25. The van der Waals surface area contributed by atoms with Crippen molar-refractivity contribution < 1.29 is 32.8 Å². The Morgan fingerprint density at radius 3 is 1.29 bits per heavy atom. The van der Waals surface area contributed by atoms with E-state index in [4.69, 9.17) is 24.3 Å². The smallest absolute Gasteiger partial charge is 0.457 e. The van der Waals surface area contributed by atoms with Crippen LogP contribution in [0.4, 0.5) is 0 Å². The topological polar surface area (TPSA) is 117 Å². The molecule has 0 saturated carbocycles. The number of unbranched alkanes of at least 4 members (excludes halogenated alkanes) is 28. The van der Waals surface area contributed by atoms with Crippen molar-refractivity contribution in [2.24, 2.45) is 5.73 Å². The van der Waals surface area contributed by atoms with Crippen LogP contribution in [0.25, 0.3) is 0 Å². The molecule has 2 atom stereocenters. The van der Waals surface area contributed by atoms with Crippen LogP contribution in [0.15, 0.2) is 0 Å². The number of hydrogen-bond acceptors (Lipinski definition) is 7. The van der Waals surface area contributed by atoms with E-state index < -0.39 is 13.9 Å². The predicted octanol–water partition coefficient (Wildman–Crippen LogP) is 12.1. The SMILES string of the molecule is CCCCCCCCCCCCCCCCCCCCCCOC[C@H](COP(=O)(O)OCCN)OC(=O)CCCCCCCCCCCC. The van der Waals surface area contributed by atoms with Crippen molar-refractivity contribution in [3.63, 3.8) is 0 Å². The molecule has 1 unspecified atom stereocenters. The lowest BCUT2D eigenvalue weighted by Crippen LogP contribution is -2.28. The maximum atomic E-state index is 12.5. The first-order valence-electron chi connectivity index (χ1n) is 21.0. The largest absolute Gasteiger partial charge is 0.472 e. The Bertz CT molecular complexity index is 727. The maximum absolute atomic E-state index is 12.5. The molecular weight excluding hydrogens is 637 g/mol. The quantitative estimate of drug-likeness (QED) is 0.0364. The number of hydrogen-bond donors (Lipinski definition) is 2. The van der Waals surface area contributed by atoms with Gasteiger partial charge in [-0.15, -0.1) is 0 Å². The third-order valence-corrected chi connectivity index (χ3v) is 10.3. The van der Waals surface area contributed by atoms with E-state index in [1.807, 2.05) is 0 Å². The fourth-order valence-electron chi connectivity index (χ4n) is 6.17. The highest BCUT2D eigenvalue weighted by molar-refractivity contribution is 7.47. The molecule has 0 bridgehead atoms. The molecule has 3 N–H and O–H groups in total. The summed E-state index contributed by atoms with van der Waals surface area (Å²) in [5.74, 6) is -0.328. The lowest BCUT2D eigenvalue weighted by Gasteiger charge is -2.20. The molecule has 8 nitrogen and oxygen atoms in total. The number of rotatable bonds is 41. The second-order valence-electron chi connectivity index (χ2n) is 14.2. The fourth-order valence-corrected chi connectivity index (χ4v) is 6.94. The van der Waals surface area contributed by atoms with E-state index in [1.165, 1.54) is 161 Å². The Kier molecular flexibility index (Phi) is 38.3. The van der Waals surface area contributed by atoms with Crippen LogP contribution >= 0.6 is 7.82 Å². The maximum Gasteiger partial charge on any atom is 0.472 e. The van der Waals surface area contributed by atoms with Gasteiger partial charge in [-0.3, -0.25) is 13.8 Å². The van der Waals surface area contributed by atoms with Crippen LogP contribution in [-0.4, -0.2) is 49.9 Å². The number of carbonyl (C=O) groups excluding carboxylic acids is 1. The Balaban J connectivity index is 3.90. The fraction of sp³-hybridized carbons (Fsp3) is 0.975. The molecule has 0 aliphatic carbocycles. The normalized spacial score (nSPS) is 13.5. The summed E-state index contributed by atoms with van der Waals surface area (Å²) >= 11 is 0. The Morgan fingerprint density at radius 1 is 0.531 bits per heavy atom. The molecule has 0 aromatic heterocycles. The average Bonchev–Trinajstić information content (AvgIpc) is 3.09. The van der Waals surface area contributed by atoms with Gasteiger partial charge in [-0.2, -0.15) is 0 Å². The molecule has 0 fully saturated rings. The number of esters is 1. The molecule has 0 radical (unpaired) electrons. The van der Waals surface area contributed by atoms with E-state index in [9.17, 15) is 14.3 Å². The zero-order valence-corrected chi connectivity index (χ0v) is 33.3. The van der Waals surface area contributed by atoms with E-state index >= 15 is 0 Å². The number of carbonyl (C=O) groups is 1. The van der Waals surface area contributed by atoms with Crippen LogP contribution < -0.4 is 5.73 Å². The van der Waals surface area contributed by atoms with Gasteiger partial charge in [0.05, 0.1) is 19.8 Å². The minimum Gasteiger partial charge on any atom is -0.457 e. The average molecular weight is 720 g/mol. The third kappa shape index (κ3) is 38.6. The van der Waals surface area contributed by atoms with E-state index in [0.717, 1.165) is 32.1 Å². The van der Waals surface area contributed by atoms with Crippen LogP contribution in [-0.2, 0) is 27.9 Å². The van der Waals surface area contributed by atoms with E-state index in [2.05, 4.69) is 13.8 Å². The van der Waals surface area contributed by atoms with E-state index in [0.29, 0.717) is 13.0 Å². The Hall–Kier alpha value is -0.500. The molecule has 0 aliphatic heterocycles. The summed E-state index contributed by atoms with van der Waals surface area (Å²) in [5.41, 5.74) is 5.36. The monoisotopic (exact) mass is 720 g/mol. The van der Waals surface area contributed by atoms with Gasteiger partial charge < -0.3 is 20.1 Å². The number of nitrogens with two attached hydrogens (primary N) is 1. The second-order valence-corrected chi connectivity index (χ2v) is 15.7. The Labute approximate surface area is 303 Å². The van der Waals surface area contributed by atoms with Gasteiger partial charge in [0, 0.05) is 19.6 Å². The minimum atomic E-state index is -4.26. The first-order chi connectivity index (χ1) is 23.9. The molecule has 0 aromatic rings. The molecule has 0 aromatic carbocycles. The summed E-state index contributed by atoms with van der Waals surface area (Å²) in [6.07, 6.45) is 38.4. The molecule has 0 amide bonds. The third-order valence-electron chi connectivity index (χ3n) is 9.27. The van der Waals surface area contributed by atoms with Crippen LogP contribution in [0, 0.1) is 0 Å². The molecule has 0 saturated heterocycles. The van der Waals surface area contributed by atoms with Crippen molar-refractivity contribution in [1.29, 1.82) is 0 Å². The van der Waals surface area contributed by atoms with Gasteiger partial charge in [0.2, 0.25) is 0 Å². The summed E-state index contributed by atoms with van der Waals surface area (Å²) in [4.78, 5) is 22.4. The van der Waals surface area contributed by atoms with Gasteiger partial charge in [-0.25, -0.2) is 4.57 Å². The number of ether oxygens (including phenoxy) is 2. The van der Waals surface area contributed by atoms with Gasteiger partial charge in [0.1, 0.15) is 6.10 Å². The zero-order chi connectivity index (χ0) is 35.9. The van der Waals surface area contributed by atoms with Crippen molar-refractivity contribution in [3.05, 3.63) is 0 Å². The minimum absolute atomic E-state index is 0.0904. The molecule has 49 heavy (non-hydrogen) atoms. The van der Waals surface area contributed by atoms with E-state index in [1.54, 1.807) is 0 Å². The van der Waals surface area contributed by atoms with E-state index in [-0.39, 0.29) is 32.3 Å². The number of phosphoric ester groups is 1. The van der Waals surface area contributed by atoms with Crippen LogP contribution in [0.2, 0.25) is 0 Å². The lowest BCUT2D eigenvalue weighted by atomic mass is 10.0. The van der Waals surface area contributed by atoms with Gasteiger partial charge in [-0.05, 0) is 12.8 Å². The molecule has 294 valence electrons. The summed E-state index contributed by atoms with van der Waals surface area (Å²) < 4.78 is 33.3. The predicted molar refractivity (Wildman–Crippen MR) is 206 cm³/mol. The summed E-state index contributed by atoms with van der Waals surface area (Å²) in [5, 5.41) is 0. The lowest BCUT2D eigenvalue weighted by molar-refractivity contribution is -0.154. The zero-order valence-electron chi connectivity index (χ0n) is 32.5. The molecule has 0 spiro atoms. The van der Waals surface area contributed by atoms with Gasteiger partial charge in [-0.1, -0.05) is 194 Å². The van der Waals surface area contributed by atoms with Crippen molar-refractivity contribution >= 4 is 13.8 Å². The van der Waals surface area contributed by atoms with Crippen molar-refractivity contribution in [3.8, 4) is 0 Å². The van der Waals surface area contributed by atoms with Crippen LogP contribution in [0.1, 0.15) is 213 Å². The van der Waals surface area contributed by atoms with Gasteiger partial charge >= 0.3 is 13.8 Å². The van der Waals surface area contributed by atoms with Crippen LogP contribution in [0.3, 0.4) is 0 Å². The Morgan fingerprint density at radius 2 is 0.898 bits per heavy atom. The van der Waals surface area contributed by atoms with Gasteiger partial charge in [0.15, 0.2) is 0 Å². The molecule has 0 heterocycles. The number of phosphoric acid groups is 1. The second kappa shape index (κ2) is 38.7. The van der Waals surface area contributed by atoms with Crippen LogP contribution in [0.5, 0.6) is 0 Å². The van der Waals surface area contributed by atoms with Crippen molar-refractivity contribution in [2.45, 2.75) is 219 Å². The highest BCUT2D eigenvalue weighted by Crippen LogP contribution is 2.43. The molecule has 9 heteroatoms. The van der Waals surface area contributed by atoms with Crippen molar-refractivity contribution in [2.75, 3.05) is 33.0 Å². The summed E-state index contributed by atoms with van der Waals surface area (Å²) in [7, 11) is -4.26. The summed E-state index contributed by atoms with van der Waals surface area (Å²) in [6.45, 7) is 4.96. The standard InChI is InChI=1S/C40H82NO7P/c1-3-5-7-9-11-13-15-16-17-18-19-20-21-22-23-24-26-28-30-32-35-45-37-39(38-47-49(43,44)46-36-34-41)48-40(42)33-31-29-27-25-14-12-10-8-6-4-2/h39H,3-38,41H2,1-2H3,(H,43,44)/t39-/m1/s1. The first-order valence-corrected chi connectivity index (χ1v) is 22.5. The highest BCUT2D eigenvalue weighted by atomic mass is 31.2. The van der Waals surface area contributed by atoms with Gasteiger partial charge in [0.25, 0.3) is 0 Å². The molecule has 0 rings (SSSR count). The molecular formula is C40H82NO7P. The first kappa shape index (κ1) is 48.5.